The number of benzene rings is 1. The fourth-order valence-corrected chi connectivity index (χ4v) is 3.46. The Labute approximate surface area is 136 Å². The summed E-state index contributed by atoms with van der Waals surface area (Å²) >= 11 is 6.28. The maximum Gasteiger partial charge on any atom is 0.315 e. The number of aliphatic hydroxyl groups excluding tert-OH is 1. The number of carbonyl (C=O) groups is 1. The van der Waals surface area contributed by atoms with Gasteiger partial charge in [0.1, 0.15) is 0 Å². The van der Waals surface area contributed by atoms with Gasteiger partial charge in [-0.15, -0.1) is 0 Å². The molecule has 0 aromatic heterocycles. The van der Waals surface area contributed by atoms with Crippen LogP contribution in [0.25, 0.3) is 0 Å². The first kappa shape index (κ1) is 15.6. The molecule has 2 aliphatic rings. The standard InChI is InChI=1S/C17H23ClN2O2/c1-16(11-21,12-6-7-12)20-15(22)19-10-17(8-9-17)13-4-2-3-5-14(13)18/h2-5,12,21H,6-11H2,1H3,(H2,19,20,22). The van der Waals surface area contributed by atoms with E-state index in [1.165, 1.54) is 0 Å². The molecule has 1 aromatic carbocycles. The second-order valence-electron chi connectivity index (χ2n) is 6.92. The number of rotatable bonds is 6. The molecule has 1 atom stereocenters. The van der Waals surface area contributed by atoms with Crippen molar-refractivity contribution in [3.8, 4) is 0 Å². The maximum atomic E-state index is 12.2. The van der Waals surface area contributed by atoms with Crippen LogP contribution >= 0.6 is 11.6 Å². The average molecular weight is 323 g/mol. The van der Waals surface area contributed by atoms with Crippen molar-refractivity contribution in [1.29, 1.82) is 0 Å². The van der Waals surface area contributed by atoms with Gasteiger partial charge < -0.3 is 15.7 Å². The van der Waals surface area contributed by atoms with E-state index in [0.717, 1.165) is 36.3 Å². The van der Waals surface area contributed by atoms with E-state index in [0.29, 0.717) is 12.5 Å². The van der Waals surface area contributed by atoms with Gasteiger partial charge in [0, 0.05) is 17.0 Å². The second kappa shape index (κ2) is 5.74. The molecule has 0 saturated heterocycles. The van der Waals surface area contributed by atoms with Gasteiger partial charge in [-0.25, -0.2) is 4.79 Å². The first-order valence-electron chi connectivity index (χ1n) is 7.91. The van der Waals surface area contributed by atoms with E-state index in [1.807, 2.05) is 31.2 Å². The van der Waals surface area contributed by atoms with Crippen molar-refractivity contribution in [3.05, 3.63) is 34.9 Å². The highest BCUT2D eigenvalue weighted by Gasteiger charge is 2.46. The van der Waals surface area contributed by atoms with Crippen molar-refractivity contribution in [1.82, 2.24) is 10.6 Å². The summed E-state index contributed by atoms with van der Waals surface area (Å²) in [7, 11) is 0. The molecule has 4 nitrogen and oxygen atoms in total. The summed E-state index contributed by atoms with van der Waals surface area (Å²) in [5.74, 6) is 0.390. The van der Waals surface area contributed by atoms with Crippen LogP contribution in [0.3, 0.4) is 0 Å². The van der Waals surface area contributed by atoms with Gasteiger partial charge in [-0.2, -0.15) is 0 Å². The minimum atomic E-state index is -0.509. The van der Waals surface area contributed by atoms with Crippen molar-refractivity contribution in [2.45, 2.75) is 43.6 Å². The van der Waals surface area contributed by atoms with Crippen molar-refractivity contribution in [2.75, 3.05) is 13.2 Å². The molecule has 1 unspecified atom stereocenters. The monoisotopic (exact) mass is 322 g/mol. The normalized spacial score (nSPS) is 21.8. The Morgan fingerprint density at radius 2 is 2.09 bits per heavy atom. The smallest absolute Gasteiger partial charge is 0.315 e. The van der Waals surface area contributed by atoms with Crippen LogP contribution in [-0.2, 0) is 5.41 Å². The quantitative estimate of drug-likeness (QED) is 0.754. The van der Waals surface area contributed by atoms with Gasteiger partial charge in [-0.05, 0) is 50.2 Å². The molecule has 1 aromatic rings. The van der Waals surface area contributed by atoms with Gasteiger partial charge in [0.2, 0.25) is 0 Å². The summed E-state index contributed by atoms with van der Waals surface area (Å²) in [5, 5.41) is 16.2. The van der Waals surface area contributed by atoms with Crippen molar-refractivity contribution in [3.63, 3.8) is 0 Å². The Morgan fingerprint density at radius 1 is 1.41 bits per heavy atom. The van der Waals surface area contributed by atoms with E-state index in [-0.39, 0.29) is 18.1 Å². The SMILES string of the molecule is CC(CO)(NC(=O)NCC1(c2ccccc2Cl)CC1)C1CC1. The highest BCUT2D eigenvalue weighted by Crippen LogP contribution is 2.49. The molecular formula is C17H23ClN2O2. The zero-order chi connectivity index (χ0) is 15.8. The number of carbonyl (C=O) groups excluding carboxylic acids is 1. The first-order valence-corrected chi connectivity index (χ1v) is 8.29. The van der Waals surface area contributed by atoms with E-state index in [4.69, 9.17) is 11.6 Å². The van der Waals surface area contributed by atoms with Crippen LogP contribution < -0.4 is 10.6 Å². The zero-order valence-corrected chi connectivity index (χ0v) is 13.6. The molecule has 0 heterocycles. The molecule has 3 rings (SSSR count). The Morgan fingerprint density at radius 3 is 2.64 bits per heavy atom. The minimum absolute atomic E-state index is 0.0229. The molecule has 2 amide bonds. The third-order valence-corrected chi connectivity index (χ3v) is 5.42. The second-order valence-corrected chi connectivity index (χ2v) is 7.32. The van der Waals surface area contributed by atoms with E-state index in [1.54, 1.807) is 0 Å². The van der Waals surface area contributed by atoms with Gasteiger partial charge >= 0.3 is 6.03 Å². The van der Waals surface area contributed by atoms with Gasteiger partial charge in [0.25, 0.3) is 0 Å². The zero-order valence-electron chi connectivity index (χ0n) is 12.9. The first-order chi connectivity index (χ1) is 10.5. The van der Waals surface area contributed by atoms with Gasteiger partial charge in [0.15, 0.2) is 0 Å². The number of hydrogen-bond acceptors (Lipinski definition) is 2. The van der Waals surface area contributed by atoms with Crippen LogP contribution in [0.15, 0.2) is 24.3 Å². The van der Waals surface area contributed by atoms with Crippen molar-refractivity contribution in [2.24, 2.45) is 5.92 Å². The van der Waals surface area contributed by atoms with E-state index in [2.05, 4.69) is 10.6 Å². The fourth-order valence-electron chi connectivity index (χ4n) is 3.13. The van der Waals surface area contributed by atoms with Crippen molar-refractivity contribution >= 4 is 17.6 Å². The molecule has 3 N–H and O–H groups in total. The number of hydrogen-bond donors (Lipinski definition) is 3. The highest BCUT2D eigenvalue weighted by molar-refractivity contribution is 6.31. The number of aliphatic hydroxyl groups is 1. The molecule has 0 radical (unpaired) electrons. The Kier molecular flexibility index (Phi) is 4.08. The Hall–Kier alpha value is -1.26. The number of amides is 2. The number of urea groups is 1. The van der Waals surface area contributed by atoms with Crippen LogP contribution in [0, 0.1) is 5.92 Å². The molecule has 2 fully saturated rings. The third kappa shape index (κ3) is 3.08. The van der Waals surface area contributed by atoms with Crippen LogP contribution in [0.4, 0.5) is 4.79 Å². The topological polar surface area (TPSA) is 61.4 Å². The summed E-state index contributed by atoms with van der Waals surface area (Å²) < 4.78 is 0. The molecule has 0 spiro atoms. The largest absolute Gasteiger partial charge is 0.394 e. The fraction of sp³-hybridized carbons (Fsp3) is 0.588. The lowest BCUT2D eigenvalue weighted by Gasteiger charge is -2.29. The summed E-state index contributed by atoms with van der Waals surface area (Å²) in [5.41, 5.74) is 0.583. The summed E-state index contributed by atoms with van der Waals surface area (Å²) in [6, 6.07) is 7.63. The van der Waals surface area contributed by atoms with Crippen molar-refractivity contribution < 1.29 is 9.90 Å². The molecule has 120 valence electrons. The van der Waals surface area contributed by atoms with Crippen LogP contribution in [-0.4, -0.2) is 29.8 Å². The highest BCUT2D eigenvalue weighted by atomic mass is 35.5. The van der Waals surface area contributed by atoms with Gasteiger partial charge in [0.05, 0.1) is 12.1 Å². The molecule has 0 bridgehead atoms. The number of nitrogens with one attached hydrogen (secondary N) is 2. The lowest BCUT2D eigenvalue weighted by atomic mass is 9.95. The molecule has 0 aliphatic heterocycles. The Balaban J connectivity index is 1.58. The van der Waals surface area contributed by atoms with Crippen LogP contribution in [0.1, 0.15) is 38.2 Å². The average Bonchev–Trinajstić information content (AvgIpc) is 3.39. The van der Waals surface area contributed by atoms with Crippen LogP contribution in [0.2, 0.25) is 5.02 Å². The molecule has 5 heteroatoms. The summed E-state index contributed by atoms with van der Waals surface area (Å²) in [6.45, 7) is 2.46. The number of halogens is 1. The predicted molar refractivity (Wildman–Crippen MR) is 87.1 cm³/mol. The van der Waals surface area contributed by atoms with Gasteiger partial charge in [-0.1, -0.05) is 29.8 Å². The predicted octanol–water partition coefficient (Wildman–Crippen LogP) is 2.83. The maximum absolute atomic E-state index is 12.2. The van der Waals surface area contributed by atoms with E-state index >= 15 is 0 Å². The molecule has 22 heavy (non-hydrogen) atoms. The molecular weight excluding hydrogens is 300 g/mol. The summed E-state index contributed by atoms with van der Waals surface area (Å²) in [6.07, 6.45) is 4.22. The van der Waals surface area contributed by atoms with Crippen LogP contribution in [0.5, 0.6) is 0 Å². The van der Waals surface area contributed by atoms with E-state index in [9.17, 15) is 9.90 Å². The minimum Gasteiger partial charge on any atom is -0.394 e. The third-order valence-electron chi connectivity index (χ3n) is 5.09. The van der Waals surface area contributed by atoms with E-state index < -0.39 is 5.54 Å². The lowest BCUT2D eigenvalue weighted by Crippen LogP contribution is -2.54. The lowest BCUT2D eigenvalue weighted by molar-refractivity contribution is 0.155. The molecule has 2 saturated carbocycles. The van der Waals surface area contributed by atoms with Gasteiger partial charge in [-0.3, -0.25) is 0 Å². The Bertz CT molecular complexity index is 570. The summed E-state index contributed by atoms with van der Waals surface area (Å²) in [4.78, 5) is 12.2. The molecule has 2 aliphatic carbocycles.